The van der Waals surface area contributed by atoms with Crippen LogP contribution in [0.15, 0.2) is 42.5 Å². The predicted molar refractivity (Wildman–Crippen MR) is 158 cm³/mol. The standard InChI is InChI=1S/C28H36N6O2.C2H6O/c1-4-5-13-30-27-26-25(32-28(29)33-27)21-8-6-7-9-23(21)34(26)17-20-15-19(10-11-24(20)35-3)16-31-22-12-14-36-18(22)2;1-2-3/h6-11,15,18,22,31H,4-5,12-14,16-17H2,1-3H3,(H3,29,30,32,33);3H,2H2,1H3. The number of hydrogen-bond acceptors (Lipinski definition) is 8. The number of rotatable bonds is 10. The summed E-state index contributed by atoms with van der Waals surface area (Å²) in [6, 6.07) is 15.1. The van der Waals surface area contributed by atoms with Crippen molar-refractivity contribution in [2.24, 2.45) is 0 Å². The van der Waals surface area contributed by atoms with Crippen molar-refractivity contribution in [2.75, 3.05) is 37.9 Å². The lowest BCUT2D eigenvalue weighted by atomic mass is 10.1. The molecule has 2 aromatic heterocycles. The zero-order chi connectivity index (χ0) is 27.8. The average molecular weight is 535 g/mol. The molecule has 39 heavy (non-hydrogen) atoms. The van der Waals surface area contributed by atoms with E-state index in [1.54, 1.807) is 14.0 Å². The third-order valence-corrected chi connectivity index (χ3v) is 7.06. The van der Waals surface area contributed by atoms with Gasteiger partial charge in [0.2, 0.25) is 5.95 Å². The van der Waals surface area contributed by atoms with Gasteiger partial charge in [0.1, 0.15) is 16.8 Å². The van der Waals surface area contributed by atoms with Crippen LogP contribution in [0.2, 0.25) is 0 Å². The summed E-state index contributed by atoms with van der Waals surface area (Å²) in [5, 5.41) is 15.8. The van der Waals surface area contributed by atoms with Gasteiger partial charge in [-0.1, -0.05) is 37.6 Å². The highest BCUT2D eigenvalue weighted by Crippen LogP contribution is 2.34. The number of unbranched alkanes of at least 4 members (excludes halogenated alkanes) is 1. The van der Waals surface area contributed by atoms with E-state index in [1.165, 1.54) is 5.56 Å². The Morgan fingerprint density at radius 1 is 1.18 bits per heavy atom. The zero-order valence-corrected chi connectivity index (χ0v) is 23.5. The summed E-state index contributed by atoms with van der Waals surface area (Å²) in [4.78, 5) is 9.24. The molecule has 0 spiro atoms. The van der Waals surface area contributed by atoms with E-state index in [0.717, 1.165) is 78.0 Å². The Balaban J connectivity index is 0.00000112. The summed E-state index contributed by atoms with van der Waals surface area (Å²) in [6.45, 7) is 9.30. The first-order valence-electron chi connectivity index (χ1n) is 13.9. The molecule has 1 fully saturated rings. The van der Waals surface area contributed by atoms with Crippen LogP contribution in [-0.2, 0) is 17.8 Å². The van der Waals surface area contributed by atoms with Crippen molar-refractivity contribution in [1.29, 1.82) is 0 Å². The van der Waals surface area contributed by atoms with E-state index in [0.29, 0.717) is 12.6 Å². The fourth-order valence-corrected chi connectivity index (χ4v) is 5.10. The summed E-state index contributed by atoms with van der Waals surface area (Å²) < 4.78 is 13.8. The van der Waals surface area contributed by atoms with Crippen LogP contribution in [0, 0.1) is 0 Å². The number of fused-ring (bicyclic) bond motifs is 3. The number of aliphatic hydroxyl groups is 1. The van der Waals surface area contributed by atoms with Gasteiger partial charge in [-0.05, 0) is 50.5 Å². The minimum Gasteiger partial charge on any atom is -0.496 e. The predicted octanol–water partition coefficient (Wildman–Crippen LogP) is 4.70. The lowest BCUT2D eigenvalue weighted by molar-refractivity contribution is 0.113. The number of nitrogens with one attached hydrogen (secondary N) is 2. The molecule has 5 rings (SSSR count). The van der Waals surface area contributed by atoms with Crippen LogP contribution in [0.25, 0.3) is 21.9 Å². The smallest absolute Gasteiger partial charge is 0.222 e. The molecule has 5 N–H and O–H groups in total. The van der Waals surface area contributed by atoms with Crippen molar-refractivity contribution in [3.63, 3.8) is 0 Å². The maximum atomic E-state index is 7.57. The molecule has 9 heteroatoms. The maximum Gasteiger partial charge on any atom is 0.222 e. The molecule has 4 aromatic rings. The number of aliphatic hydroxyl groups excluding tert-OH is 1. The first kappa shape index (κ1) is 28.6. The largest absolute Gasteiger partial charge is 0.496 e. The molecule has 210 valence electrons. The Bertz CT molecular complexity index is 1370. The van der Waals surface area contributed by atoms with E-state index in [1.807, 2.05) is 6.07 Å². The van der Waals surface area contributed by atoms with Gasteiger partial charge >= 0.3 is 0 Å². The van der Waals surface area contributed by atoms with Gasteiger partial charge in [-0.15, -0.1) is 0 Å². The normalized spacial score (nSPS) is 16.8. The number of ether oxygens (including phenoxy) is 2. The molecule has 2 unspecified atom stereocenters. The number of anilines is 2. The quantitative estimate of drug-likeness (QED) is 0.216. The van der Waals surface area contributed by atoms with Crippen molar-refractivity contribution in [3.05, 3.63) is 53.6 Å². The summed E-state index contributed by atoms with van der Waals surface area (Å²) in [5.41, 5.74) is 11.4. The van der Waals surface area contributed by atoms with Crippen LogP contribution in [0.3, 0.4) is 0 Å². The van der Waals surface area contributed by atoms with Crippen LogP contribution in [0.5, 0.6) is 5.75 Å². The van der Waals surface area contributed by atoms with Crippen molar-refractivity contribution in [1.82, 2.24) is 19.9 Å². The van der Waals surface area contributed by atoms with E-state index in [2.05, 4.69) is 75.4 Å². The third-order valence-electron chi connectivity index (χ3n) is 7.06. The van der Waals surface area contributed by atoms with Gasteiger partial charge in [-0.25, -0.2) is 4.98 Å². The second-order valence-electron chi connectivity index (χ2n) is 9.83. The lowest BCUT2D eigenvalue weighted by Crippen LogP contribution is -2.34. The van der Waals surface area contributed by atoms with Gasteiger partial charge in [0.25, 0.3) is 0 Å². The number of aromatic nitrogens is 3. The van der Waals surface area contributed by atoms with Gasteiger partial charge < -0.3 is 35.5 Å². The molecular formula is C30H42N6O3. The van der Waals surface area contributed by atoms with E-state index in [4.69, 9.17) is 20.3 Å². The molecule has 1 saturated heterocycles. The number of hydrogen-bond donors (Lipinski definition) is 4. The second-order valence-corrected chi connectivity index (χ2v) is 9.83. The number of methoxy groups -OCH3 is 1. The van der Waals surface area contributed by atoms with Crippen LogP contribution in [0.4, 0.5) is 11.8 Å². The molecular weight excluding hydrogens is 492 g/mol. The fraction of sp³-hybridized carbons (Fsp3) is 0.467. The Kier molecular flexibility index (Phi) is 9.97. The summed E-state index contributed by atoms with van der Waals surface area (Å²) in [7, 11) is 1.72. The molecule has 2 atom stereocenters. The number of nitrogens with two attached hydrogens (primary N) is 1. The van der Waals surface area contributed by atoms with Crippen molar-refractivity contribution < 1.29 is 14.6 Å². The first-order chi connectivity index (χ1) is 19.0. The molecule has 0 amide bonds. The Morgan fingerprint density at radius 3 is 2.69 bits per heavy atom. The minimum absolute atomic E-state index is 0.242. The average Bonchev–Trinajstić information content (AvgIpc) is 3.49. The summed E-state index contributed by atoms with van der Waals surface area (Å²) >= 11 is 0. The van der Waals surface area contributed by atoms with Crippen LogP contribution in [-0.4, -0.2) is 58.7 Å². The summed E-state index contributed by atoms with van der Waals surface area (Å²) in [6.07, 6.45) is 3.44. The zero-order valence-electron chi connectivity index (χ0n) is 23.5. The number of benzene rings is 2. The molecule has 2 aromatic carbocycles. The highest BCUT2D eigenvalue weighted by atomic mass is 16.5. The van der Waals surface area contributed by atoms with E-state index in [9.17, 15) is 0 Å². The fourth-order valence-electron chi connectivity index (χ4n) is 5.10. The van der Waals surface area contributed by atoms with Crippen molar-refractivity contribution >= 4 is 33.7 Å². The van der Waals surface area contributed by atoms with Crippen LogP contribution >= 0.6 is 0 Å². The van der Waals surface area contributed by atoms with Crippen LogP contribution in [0.1, 0.15) is 51.2 Å². The molecule has 9 nitrogen and oxygen atoms in total. The highest BCUT2D eigenvalue weighted by Gasteiger charge is 2.23. The monoisotopic (exact) mass is 534 g/mol. The molecule has 0 radical (unpaired) electrons. The number of nitrogen functional groups attached to an aromatic ring is 1. The van der Waals surface area contributed by atoms with E-state index < -0.39 is 0 Å². The van der Waals surface area contributed by atoms with Gasteiger partial charge in [-0.3, -0.25) is 0 Å². The lowest BCUT2D eigenvalue weighted by Gasteiger charge is -2.18. The molecule has 0 bridgehead atoms. The minimum atomic E-state index is 0.242. The Hall–Kier alpha value is -3.40. The van der Waals surface area contributed by atoms with E-state index >= 15 is 0 Å². The van der Waals surface area contributed by atoms with Crippen molar-refractivity contribution in [2.45, 2.75) is 65.3 Å². The highest BCUT2D eigenvalue weighted by molar-refractivity contribution is 6.09. The Morgan fingerprint density at radius 2 is 1.97 bits per heavy atom. The third kappa shape index (κ3) is 6.61. The SMILES string of the molecule is CCCCNc1nc(N)nc2c3ccccc3n(Cc3cc(CNC4CCOC4C)ccc3OC)c12.CCO. The number of nitrogens with zero attached hydrogens (tertiary/aromatic N) is 3. The van der Waals surface area contributed by atoms with E-state index in [-0.39, 0.29) is 18.7 Å². The van der Waals surface area contributed by atoms with Gasteiger partial charge in [-0.2, -0.15) is 4.98 Å². The van der Waals surface area contributed by atoms with Crippen LogP contribution < -0.4 is 21.1 Å². The molecule has 1 aliphatic heterocycles. The van der Waals surface area contributed by atoms with Gasteiger partial charge in [0.15, 0.2) is 5.82 Å². The molecule has 1 aliphatic rings. The first-order valence-corrected chi connectivity index (χ1v) is 13.9. The maximum absolute atomic E-state index is 7.57. The second kappa shape index (κ2) is 13.6. The molecule has 0 aliphatic carbocycles. The van der Waals surface area contributed by atoms with Crippen molar-refractivity contribution in [3.8, 4) is 5.75 Å². The number of para-hydroxylation sites is 1. The molecule has 0 saturated carbocycles. The van der Waals surface area contributed by atoms with Gasteiger partial charge in [0.05, 0.1) is 25.3 Å². The molecule has 3 heterocycles. The van der Waals surface area contributed by atoms with Gasteiger partial charge in [0, 0.05) is 43.3 Å². The summed E-state index contributed by atoms with van der Waals surface area (Å²) in [5.74, 6) is 1.91. The Labute approximate surface area is 230 Å². The topological polar surface area (TPSA) is 119 Å².